The van der Waals surface area contributed by atoms with E-state index in [0.29, 0.717) is 5.92 Å². The summed E-state index contributed by atoms with van der Waals surface area (Å²) in [5.74, 6) is 0.483. The van der Waals surface area contributed by atoms with Gasteiger partial charge >= 0.3 is 6.03 Å². The summed E-state index contributed by atoms with van der Waals surface area (Å²) >= 11 is 0. The van der Waals surface area contributed by atoms with Gasteiger partial charge in [0.2, 0.25) is 0 Å². The van der Waals surface area contributed by atoms with Gasteiger partial charge in [-0.25, -0.2) is 4.79 Å². The van der Waals surface area contributed by atoms with Crippen molar-refractivity contribution in [1.82, 2.24) is 10.6 Å². The molecule has 2 amide bonds. The molecule has 1 unspecified atom stereocenters. The molecule has 0 heterocycles. The van der Waals surface area contributed by atoms with Gasteiger partial charge in [-0.15, -0.1) is 0 Å². The van der Waals surface area contributed by atoms with Crippen LogP contribution in [0, 0.1) is 5.92 Å². The molecule has 0 aromatic heterocycles. The lowest BCUT2D eigenvalue weighted by atomic mass is 10.1. The molecule has 78 valence electrons. The second-order valence-corrected chi connectivity index (χ2v) is 3.79. The van der Waals surface area contributed by atoms with Gasteiger partial charge in [-0.3, -0.25) is 0 Å². The fourth-order valence-corrected chi connectivity index (χ4v) is 0.803. The number of rotatable bonds is 5. The van der Waals surface area contributed by atoms with E-state index in [9.17, 15) is 4.79 Å². The minimum absolute atomic E-state index is 0.0466. The van der Waals surface area contributed by atoms with Gasteiger partial charge in [-0.2, -0.15) is 0 Å². The highest BCUT2D eigenvalue weighted by Gasteiger charge is 2.09. The fourth-order valence-electron chi connectivity index (χ4n) is 0.803. The zero-order chi connectivity index (χ0) is 10.3. The first-order valence-electron chi connectivity index (χ1n) is 5.12. The summed E-state index contributed by atoms with van der Waals surface area (Å²) in [6.45, 7) is 9.08. The van der Waals surface area contributed by atoms with Crippen LogP contribution >= 0.6 is 0 Å². The zero-order valence-electron chi connectivity index (χ0n) is 9.18. The van der Waals surface area contributed by atoms with Crippen LogP contribution in [0.15, 0.2) is 0 Å². The summed E-state index contributed by atoms with van der Waals surface area (Å²) in [4.78, 5) is 11.2. The molecule has 0 radical (unpaired) electrons. The van der Waals surface area contributed by atoms with E-state index in [1.807, 2.05) is 6.92 Å². The largest absolute Gasteiger partial charge is 0.338 e. The highest BCUT2D eigenvalue weighted by atomic mass is 16.2. The molecule has 0 aromatic rings. The van der Waals surface area contributed by atoms with Crippen LogP contribution in [0.2, 0.25) is 0 Å². The zero-order valence-corrected chi connectivity index (χ0v) is 9.18. The summed E-state index contributed by atoms with van der Waals surface area (Å²) in [5.41, 5.74) is 0. The quantitative estimate of drug-likeness (QED) is 0.634. The maximum Gasteiger partial charge on any atom is 0.315 e. The Morgan fingerprint density at radius 3 is 2.38 bits per heavy atom. The van der Waals surface area contributed by atoms with Crippen LogP contribution in [0.25, 0.3) is 0 Å². The van der Waals surface area contributed by atoms with E-state index in [2.05, 4.69) is 31.4 Å². The van der Waals surface area contributed by atoms with E-state index in [1.165, 1.54) is 0 Å². The number of hydrogen-bond acceptors (Lipinski definition) is 1. The number of carbonyl (C=O) groups is 1. The number of hydrogen-bond donors (Lipinski definition) is 2. The Bertz CT molecular complexity index is 146. The molecule has 0 saturated heterocycles. The molecule has 1 atom stereocenters. The predicted octanol–water partition coefficient (Wildman–Crippen LogP) is 2.13. The number of amides is 2. The molecule has 0 spiro atoms. The fraction of sp³-hybridized carbons (Fsp3) is 0.900. The second kappa shape index (κ2) is 6.75. The Labute approximate surface area is 81.3 Å². The first-order valence-corrected chi connectivity index (χ1v) is 5.12. The predicted molar refractivity (Wildman–Crippen MR) is 55.7 cm³/mol. The molecule has 0 aliphatic rings. The average Bonchev–Trinajstić information content (AvgIpc) is 2.04. The van der Waals surface area contributed by atoms with E-state index >= 15 is 0 Å². The second-order valence-electron chi connectivity index (χ2n) is 3.79. The van der Waals surface area contributed by atoms with E-state index in [0.717, 1.165) is 19.4 Å². The molecule has 3 heteroatoms. The van der Waals surface area contributed by atoms with Crippen LogP contribution < -0.4 is 10.6 Å². The van der Waals surface area contributed by atoms with Crippen molar-refractivity contribution in [1.29, 1.82) is 0 Å². The molecule has 0 aliphatic heterocycles. The molecule has 0 aliphatic carbocycles. The van der Waals surface area contributed by atoms with Crippen LogP contribution in [-0.4, -0.2) is 18.6 Å². The molecule has 0 fully saturated rings. The van der Waals surface area contributed by atoms with Crippen LogP contribution in [0.5, 0.6) is 0 Å². The average molecular weight is 186 g/mol. The van der Waals surface area contributed by atoms with Crippen molar-refractivity contribution in [3.05, 3.63) is 0 Å². The summed E-state index contributed by atoms with van der Waals surface area (Å²) < 4.78 is 0. The van der Waals surface area contributed by atoms with Gasteiger partial charge < -0.3 is 10.6 Å². The molecule has 3 nitrogen and oxygen atoms in total. The van der Waals surface area contributed by atoms with E-state index in [-0.39, 0.29) is 12.1 Å². The molecule has 13 heavy (non-hydrogen) atoms. The van der Waals surface area contributed by atoms with Crippen LogP contribution in [0.3, 0.4) is 0 Å². The summed E-state index contributed by atoms with van der Waals surface area (Å²) in [7, 11) is 0. The van der Waals surface area contributed by atoms with Crippen LogP contribution in [0.4, 0.5) is 4.79 Å². The van der Waals surface area contributed by atoms with Gasteiger partial charge in [0.1, 0.15) is 0 Å². The first kappa shape index (κ1) is 12.3. The van der Waals surface area contributed by atoms with Gasteiger partial charge in [-0.05, 0) is 19.3 Å². The van der Waals surface area contributed by atoms with Crippen molar-refractivity contribution < 1.29 is 4.79 Å². The van der Waals surface area contributed by atoms with Gasteiger partial charge in [0.05, 0.1) is 0 Å². The normalized spacial score (nSPS) is 12.7. The highest BCUT2D eigenvalue weighted by molar-refractivity contribution is 5.74. The van der Waals surface area contributed by atoms with Gasteiger partial charge in [0.25, 0.3) is 0 Å². The lowest BCUT2D eigenvalue weighted by Crippen LogP contribution is -2.43. The minimum Gasteiger partial charge on any atom is -0.338 e. The minimum atomic E-state index is -0.0466. The van der Waals surface area contributed by atoms with Crippen LogP contribution in [0.1, 0.15) is 40.5 Å². The van der Waals surface area contributed by atoms with Crippen molar-refractivity contribution in [2.24, 2.45) is 5.92 Å². The molecule has 0 rings (SSSR count). The Balaban J connectivity index is 3.50. The third kappa shape index (κ3) is 6.43. The summed E-state index contributed by atoms with van der Waals surface area (Å²) in [5, 5.41) is 5.71. The first-order chi connectivity index (χ1) is 6.07. The molecule has 0 bridgehead atoms. The maximum atomic E-state index is 11.2. The highest BCUT2D eigenvalue weighted by Crippen LogP contribution is 1.98. The van der Waals surface area contributed by atoms with Gasteiger partial charge in [0, 0.05) is 12.6 Å². The Morgan fingerprint density at radius 2 is 1.92 bits per heavy atom. The number of urea groups is 1. The number of carbonyl (C=O) groups excluding carboxylic acids is 1. The molecule has 0 aromatic carbocycles. The maximum absolute atomic E-state index is 11.2. The van der Waals surface area contributed by atoms with Crippen LogP contribution in [-0.2, 0) is 0 Å². The van der Waals surface area contributed by atoms with Crippen molar-refractivity contribution in [2.75, 3.05) is 6.54 Å². The smallest absolute Gasteiger partial charge is 0.315 e. The van der Waals surface area contributed by atoms with Crippen molar-refractivity contribution >= 4 is 6.03 Å². The SMILES string of the molecule is CCCCNC(=O)NC(C)C(C)C. The monoisotopic (exact) mass is 186 g/mol. The van der Waals surface area contributed by atoms with Gasteiger partial charge in [0.15, 0.2) is 0 Å². The van der Waals surface area contributed by atoms with E-state index in [4.69, 9.17) is 0 Å². The lowest BCUT2D eigenvalue weighted by Gasteiger charge is -2.17. The topological polar surface area (TPSA) is 41.1 Å². The van der Waals surface area contributed by atoms with Gasteiger partial charge in [-0.1, -0.05) is 27.2 Å². The Morgan fingerprint density at radius 1 is 1.31 bits per heavy atom. The number of unbranched alkanes of at least 4 members (excludes halogenated alkanes) is 1. The molecule has 2 N–H and O–H groups in total. The third-order valence-electron chi connectivity index (χ3n) is 2.17. The summed E-state index contributed by atoms with van der Waals surface area (Å²) in [6.07, 6.45) is 2.16. The summed E-state index contributed by atoms with van der Waals surface area (Å²) in [6, 6.07) is 0.191. The molecule has 0 saturated carbocycles. The third-order valence-corrected chi connectivity index (χ3v) is 2.17. The lowest BCUT2D eigenvalue weighted by molar-refractivity contribution is 0.234. The molecular weight excluding hydrogens is 164 g/mol. The number of nitrogens with one attached hydrogen (secondary N) is 2. The van der Waals surface area contributed by atoms with E-state index in [1.54, 1.807) is 0 Å². The Hall–Kier alpha value is -0.730. The van der Waals surface area contributed by atoms with Crippen molar-refractivity contribution in [3.63, 3.8) is 0 Å². The Kier molecular flexibility index (Phi) is 6.37. The standard InChI is InChI=1S/C10H22N2O/c1-5-6-7-11-10(13)12-9(4)8(2)3/h8-9H,5-7H2,1-4H3,(H2,11,12,13). The van der Waals surface area contributed by atoms with Crippen molar-refractivity contribution in [2.45, 2.75) is 46.6 Å². The van der Waals surface area contributed by atoms with E-state index < -0.39 is 0 Å². The van der Waals surface area contributed by atoms with Crippen molar-refractivity contribution in [3.8, 4) is 0 Å². The molecular formula is C10H22N2O.